The minimum absolute atomic E-state index is 0.328. The largest absolute Gasteiger partial charge is 0.496 e. The van der Waals surface area contributed by atoms with Gasteiger partial charge < -0.3 is 15.2 Å². The average molecular weight is 241 g/mol. The van der Waals surface area contributed by atoms with Gasteiger partial charge >= 0.3 is 0 Å². The topological polar surface area (TPSA) is 44.5 Å². The third kappa shape index (κ3) is 2.76. The zero-order valence-corrected chi connectivity index (χ0v) is 10.8. The highest BCUT2D eigenvalue weighted by Crippen LogP contribution is 2.34. The monoisotopic (exact) mass is 241 g/mol. The van der Waals surface area contributed by atoms with Crippen molar-refractivity contribution in [1.29, 1.82) is 0 Å². The summed E-state index contributed by atoms with van der Waals surface area (Å²) in [6, 6.07) is 3.89. The normalized spacial score (nSPS) is 16.4. The molecule has 0 radical (unpaired) electrons. The van der Waals surface area contributed by atoms with Crippen LogP contribution in [0.2, 0.25) is 0 Å². The summed E-state index contributed by atoms with van der Waals surface area (Å²) < 4.78 is 23.9. The highest BCUT2D eigenvalue weighted by molar-refractivity contribution is 5.37. The molecule has 0 aromatic heterocycles. The molecule has 17 heavy (non-hydrogen) atoms. The molecule has 0 saturated heterocycles. The molecule has 1 aromatic carbocycles. The predicted octanol–water partition coefficient (Wildman–Crippen LogP) is 2.65. The van der Waals surface area contributed by atoms with E-state index in [0.717, 1.165) is 6.42 Å². The van der Waals surface area contributed by atoms with E-state index in [1.54, 1.807) is 20.3 Å². The van der Waals surface area contributed by atoms with Gasteiger partial charge in [0, 0.05) is 12.7 Å². The van der Waals surface area contributed by atoms with Crippen molar-refractivity contribution in [3.63, 3.8) is 0 Å². The Morgan fingerprint density at radius 1 is 1.41 bits per heavy atom. The van der Waals surface area contributed by atoms with E-state index in [1.807, 2.05) is 13.8 Å². The van der Waals surface area contributed by atoms with E-state index in [1.165, 1.54) is 12.1 Å². The zero-order chi connectivity index (χ0) is 13.1. The van der Waals surface area contributed by atoms with Gasteiger partial charge in [-0.25, -0.2) is 4.39 Å². The summed E-state index contributed by atoms with van der Waals surface area (Å²) in [5.41, 5.74) is 6.25. The van der Waals surface area contributed by atoms with Crippen molar-refractivity contribution in [3.8, 4) is 5.75 Å². The fraction of sp³-hybridized carbons (Fsp3) is 0.538. The minimum atomic E-state index is -0.541. The molecule has 0 amide bonds. The van der Waals surface area contributed by atoms with Gasteiger partial charge in [-0.3, -0.25) is 0 Å². The maximum absolute atomic E-state index is 13.3. The molecule has 2 N–H and O–H groups in total. The van der Waals surface area contributed by atoms with Crippen molar-refractivity contribution < 1.29 is 13.9 Å². The Bertz CT molecular complexity index is 378. The van der Waals surface area contributed by atoms with Crippen molar-refractivity contribution in [2.75, 3.05) is 14.2 Å². The van der Waals surface area contributed by atoms with Gasteiger partial charge in [-0.2, -0.15) is 0 Å². The molecule has 0 spiro atoms. The van der Waals surface area contributed by atoms with Gasteiger partial charge in [-0.1, -0.05) is 6.92 Å². The number of rotatable bonds is 5. The van der Waals surface area contributed by atoms with Crippen LogP contribution >= 0.6 is 0 Å². The number of nitrogens with two attached hydrogens (primary N) is 1. The second-order valence-corrected chi connectivity index (χ2v) is 4.23. The summed E-state index contributed by atoms with van der Waals surface area (Å²) in [7, 11) is 3.15. The maximum atomic E-state index is 13.3. The standard InChI is InChI=1S/C13H20FNO2/c1-5-13(2,17-4)12(15)10-8-9(14)6-7-11(10)16-3/h6-8,12H,5,15H2,1-4H3. The lowest BCUT2D eigenvalue weighted by Gasteiger charge is -2.34. The molecule has 0 saturated carbocycles. The lowest BCUT2D eigenvalue weighted by Crippen LogP contribution is -2.39. The summed E-state index contributed by atoms with van der Waals surface area (Å²) >= 11 is 0. The molecular formula is C13H20FNO2. The second kappa shape index (κ2) is 5.47. The van der Waals surface area contributed by atoms with Crippen LogP contribution in [-0.4, -0.2) is 19.8 Å². The van der Waals surface area contributed by atoms with Gasteiger partial charge in [0.2, 0.25) is 0 Å². The molecule has 96 valence electrons. The molecule has 2 unspecified atom stereocenters. The highest BCUT2D eigenvalue weighted by atomic mass is 19.1. The number of ether oxygens (including phenoxy) is 2. The van der Waals surface area contributed by atoms with Crippen LogP contribution in [0.1, 0.15) is 31.9 Å². The quantitative estimate of drug-likeness (QED) is 0.862. The first kappa shape index (κ1) is 13.9. The van der Waals surface area contributed by atoms with Crippen LogP contribution in [0.15, 0.2) is 18.2 Å². The van der Waals surface area contributed by atoms with Crippen molar-refractivity contribution in [1.82, 2.24) is 0 Å². The Balaban J connectivity index is 3.18. The number of methoxy groups -OCH3 is 2. The predicted molar refractivity (Wildman–Crippen MR) is 65.6 cm³/mol. The molecule has 4 heteroatoms. The van der Waals surface area contributed by atoms with Gasteiger partial charge in [-0.05, 0) is 31.5 Å². The van der Waals surface area contributed by atoms with Crippen molar-refractivity contribution in [2.45, 2.75) is 31.9 Å². The molecule has 0 heterocycles. The Hall–Kier alpha value is -1.13. The minimum Gasteiger partial charge on any atom is -0.496 e. The highest BCUT2D eigenvalue weighted by Gasteiger charge is 2.32. The Morgan fingerprint density at radius 2 is 2.06 bits per heavy atom. The first-order valence-electron chi connectivity index (χ1n) is 5.62. The summed E-state index contributed by atoms with van der Waals surface area (Å²) in [5, 5.41) is 0. The maximum Gasteiger partial charge on any atom is 0.123 e. The van der Waals surface area contributed by atoms with Gasteiger partial charge in [0.1, 0.15) is 11.6 Å². The van der Waals surface area contributed by atoms with Crippen LogP contribution in [0.3, 0.4) is 0 Å². The molecule has 3 nitrogen and oxygen atoms in total. The van der Waals surface area contributed by atoms with Crippen LogP contribution in [-0.2, 0) is 4.74 Å². The van der Waals surface area contributed by atoms with E-state index in [-0.39, 0.29) is 5.82 Å². The first-order chi connectivity index (χ1) is 7.98. The lowest BCUT2D eigenvalue weighted by atomic mass is 9.88. The van der Waals surface area contributed by atoms with E-state index in [4.69, 9.17) is 15.2 Å². The molecule has 0 aliphatic heterocycles. The Labute approximate surface area is 102 Å². The van der Waals surface area contributed by atoms with Gasteiger partial charge in [0.15, 0.2) is 0 Å². The summed E-state index contributed by atoms with van der Waals surface area (Å²) in [5.74, 6) is 0.251. The SMILES string of the molecule is CCC(C)(OC)C(N)c1cc(F)ccc1OC. The van der Waals surface area contributed by atoms with Crippen molar-refractivity contribution in [2.24, 2.45) is 5.73 Å². The first-order valence-corrected chi connectivity index (χ1v) is 5.62. The smallest absolute Gasteiger partial charge is 0.123 e. The number of hydrogen-bond donors (Lipinski definition) is 1. The van der Waals surface area contributed by atoms with E-state index in [2.05, 4.69) is 0 Å². The molecule has 2 atom stereocenters. The average Bonchev–Trinajstić information content (AvgIpc) is 2.36. The molecular weight excluding hydrogens is 221 g/mol. The Kier molecular flexibility index (Phi) is 4.48. The van der Waals surface area contributed by atoms with Crippen molar-refractivity contribution >= 4 is 0 Å². The third-order valence-electron chi connectivity index (χ3n) is 3.35. The van der Waals surface area contributed by atoms with Crippen molar-refractivity contribution in [3.05, 3.63) is 29.6 Å². The number of benzene rings is 1. The van der Waals surface area contributed by atoms with Gasteiger partial charge in [0.05, 0.1) is 18.8 Å². The molecule has 0 aliphatic carbocycles. The fourth-order valence-corrected chi connectivity index (χ4v) is 1.77. The van der Waals surface area contributed by atoms with Crippen LogP contribution < -0.4 is 10.5 Å². The van der Waals surface area contributed by atoms with E-state index < -0.39 is 11.6 Å². The number of halogens is 1. The third-order valence-corrected chi connectivity index (χ3v) is 3.35. The molecule has 0 aliphatic rings. The molecule has 1 aromatic rings. The lowest BCUT2D eigenvalue weighted by molar-refractivity contribution is -0.0200. The van der Waals surface area contributed by atoms with E-state index in [0.29, 0.717) is 11.3 Å². The van der Waals surface area contributed by atoms with E-state index >= 15 is 0 Å². The van der Waals surface area contributed by atoms with Crippen LogP contribution in [0.5, 0.6) is 5.75 Å². The molecule has 0 fully saturated rings. The second-order valence-electron chi connectivity index (χ2n) is 4.23. The summed E-state index contributed by atoms with van der Waals surface area (Å²) in [6.45, 7) is 3.89. The van der Waals surface area contributed by atoms with Gasteiger partial charge in [-0.15, -0.1) is 0 Å². The van der Waals surface area contributed by atoms with Crippen LogP contribution in [0.25, 0.3) is 0 Å². The summed E-state index contributed by atoms with van der Waals surface area (Å²) in [4.78, 5) is 0. The summed E-state index contributed by atoms with van der Waals surface area (Å²) in [6.07, 6.45) is 0.727. The van der Waals surface area contributed by atoms with Gasteiger partial charge in [0.25, 0.3) is 0 Å². The van der Waals surface area contributed by atoms with Crippen LogP contribution in [0, 0.1) is 5.82 Å². The fourth-order valence-electron chi connectivity index (χ4n) is 1.77. The van der Waals surface area contributed by atoms with E-state index in [9.17, 15) is 4.39 Å². The molecule has 1 rings (SSSR count). The Morgan fingerprint density at radius 3 is 2.53 bits per heavy atom. The zero-order valence-electron chi connectivity index (χ0n) is 10.8. The number of hydrogen-bond acceptors (Lipinski definition) is 3. The van der Waals surface area contributed by atoms with Crippen LogP contribution in [0.4, 0.5) is 4.39 Å². The molecule has 0 bridgehead atoms.